The van der Waals surface area contributed by atoms with E-state index in [-0.39, 0.29) is 34.8 Å². The van der Waals surface area contributed by atoms with Gasteiger partial charge in [-0.3, -0.25) is 4.79 Å². The second-order valence-corrected chi connectivity index (χ2v) is 10.7. The van der Waals surface area contributed by atoms with E-state index in [1.165, 1.54) is 19.2 Å². The number of carbonyl (C=O) groups is 1. The predicted octanol–water partition coefficient (Wildman–Crippen LogP) is 5.18. The highest BCUT2D eigenvalue weighted by atomic mass is 79.9. The fourth-order valence-corrected chi connectivity index (χ4v) is 5.35. The molecule has 1 atom stereocenters. The van der Waals surface area contributed by atoms with Crippen molar-refractivity contribution in [1.29, 1.82) is 0 Å². The number of nitrogens with one attached hydrogen (secondary N) is 1. The average Bonchev–Trinajstić information content (AvgIpc) is 2.79. The van der Waals surface area contributed by atoms with Gasteiger partial charge >= 0.3 is 0 Å². The smallest absolute Gasteiger partial charge is 0.247 e. The quantitative estimate of drug-likeness (QED) is 0.398. The number of hydrogen-bond donors (Lipinski definition) is 1. The molecule has 33 heavy (non-hydrogen) atoms. The lowest BCUT2D eigenvalue weighted by Crippen LogP contribution is -2.41. The summed E-state index contributed by atoms with van der Waals surface area (Å²) in [5.74, 6) is -0.271. The number of nitrogens with zero attached hydrogens (tertiary/aromatic N) is 1. The molecule has 0 bridgehead atoms. The Morgan fingerprint density at radius 2 is 1.76 bits per heavy atom. The van der Waals surface area contributed by atoms with Crippen LogP contribution in [0.3, 0.4) is 0 Å². The molecule has 0 saturated heterocycles. The summed E-state index contributed by atoms with van der Waals surface area (Å²) < 4.78 is 34.5. The second kappa shape index (κ2) is 11.2. The van der Waals surface area contributed by atoms with Gasteiger partial charge in [-0.1, -0.05) is 70.0 Å². The van der Waals surface area contributed by atoms with Gasteiger partial charge in [0.25, 0.3) is 0 Å². The summed E-state index contributed by atoms with van der Waals surface area (Å²) in [6.07, 6.45) is 0. The molecule has 9 heteroatoms. The topological polar surface area (TPSA) is 75.7 Å². The summed E-state index contributed by atoms with van der Waals surface area (Å²) in [5, 5.41) is 3.13. The van der Waals surface area contributed by atoms with Crippen LogP contribution in [0.25, 0.3) is 0 Å². The van der Waals surface area contributed by atoms with E-state index >= 15 is 0 Å². The molecular formula is C24H24BrClN2O4S. The molecule has 174 valence electrons. The van der Waals surface area contributed by atoms with E-state index < -0.39 is 15.9 Å². The van der Waals surface area contributed by atoms with E-state index in [1.54, 1.807) is 18.2 Å². The third kappa shape index (κ3) is 6.57. The largest absolute Gasteiger partial charge is 0.495 e. The molecule has 0 aliphatic rings. The number of amides is 1. The molecule has 6 nitrogen and oxygen atoms in total. The maximum atomic E-state index is 13.6. The van der Waals surface area contributed by atoms with Crippen molar-refractivity contribution in [3.8, 4) is 5.75 Å². The third-order valence-electron chi connectivity index (χ3n) is 5.01. The Bertz CT molecular complexity index is 1200. The fourth-order valence-electron chi connectivity index (χ4n) is 3.29. The molecular weight excluding hydrogens is 528 g/mol. The standard InChI is InChI=1S/C24H24BrClN2O4S/c1-17(19-8-10-20(25)11-9-19)27-24(29)16-28(15-18-6-4-3-5-7-18)33(30,31)23-14-21(26)12-13-22(23)32-2/h3-14,17H,15-16H2,1-2H3,(H,27,29)/t17-/m1/s1. The molecule has 0 aliphatic carbocycles. The predicted molar refractivity (Wildman–Crippen MR) is 133 cm³/mol. The van der Waals surface area contributed by atoms with Crippen molar-refractivity contribution in [2.75, 3.05) is 13.7 Å². The zero-order chi connectivity index (χ0) is 24.0. The summed E-state index contributed by atoms with van der Waals surface area (Å²) in [5.41, 5.74) is 1.65. The molecule has 0 fully saturated rings. The Hall–Kier alpha value is -2.39. The molecule has 3 rings (SSSR count). The van der Waals surface area contributed by atoms with Crippen molar-refractivity contribution < 1.29 is 17.9 Å². The number of ether oxygens (including phenoxy) is 1. The van der Waals surface area contributed by atoms with Gasteiger partial charge in [-0.2, -0.15) is 4.31 Å². The Morgan fingerprint density at radius 3 is 2.39 bits per heavy atom. The van der Waals surface area contributed by atoms with Crippen LogP contribution >= 0.6 is 27.5 Å². The molecule has 0 aromatic heterocycles. The van der Waals surface area contributed by atoms with Gasteiger partial charge in [0.2, 0.25) is 15.9 Å². The average molecular weight is 552 g/mol. The van der Waals surface area contributed by atoms with Crippen LogP contribution in [0, 0.1) is 0 Å². The molecule has 0 heterocycles. The minimum absolute atomic E-state index is 0.0128. The Kier molecular flexibility index (Phi) is 8.53. The second-order valence-electron chi connectivity index (χ2n) is 7.39. The minimum atomic E-state index is -4.11. The van der Waals surface area contributed by atoms with E-state index in [9.17, 15) is 13.2 Å². The maximum absolute atomic E-state index is 13.6. The van der Waals surface area contributed by atoms with Crippen molar-refractivity contribution in [3.63, 3.8) is 0 Å². The van der Waals surface area contributed by atoms with E-state index in [0.717, 1.165) is 19.9 Å². The number of halogens is 2. The summed E-state index contributed by atoms with van der Waals surface area (Å²) in [6, 6.07) is 20.7. The molecule has 0 radical (unpaired) electrons. The maximum Gasteiger partial charge on any atom is 0.247 e. The highest BCUT2D eigenvalue weighted by Gasteiger charge is 2.30. The lowest BCUT2D eigenvalue weighted by atomic mass is 10.1. The number of rotatable bonds is 9. The van der Waals surface area contributed by atoms with Crippen LogP contribution in [0.2, 0.25) is 5.02 Å². The van der Waals surface area contributed by atoms with Gasteiger partial charge in [-0.15, -0.1) is 0 Å². The van der Waals surface area contributed by atoms with Gasteiger partial charge in [0.15, 0.2) is 0 Å². The zero-order valence-corrected chi connectivity index (χ0v) is 21.3. The normalized spacial score (nSPS) is 12.4. The number of sulfonamides is 1. The van der Waals surface area contributed by atoms with Crippen LogP contribution in [-0.4, -0.2) is 32.3 Å². The third-order valence-corrected chi connectivity index (χ3v) is 7.59. The van der Waals surface area contributed by atoms with Gasteiger partial charge in [0, 0.05) is 16.0 Å². The van der Waals surface area contributed by atoms with E-state index in [0.29, 0.717) is 0 Å². The molecule has 3 aromatic carbocycles. The van der Waals surface area contributed by atoms with Crippen molar-refractivity contribution >= 4 is 43.5 Å². The number of carbonyl (C=O) groups excluding carboxylic acids is 1. The van der Waals surface area contributed by atoms with Crippen LogP contribution in [0.1, 0.15) is 24.1 Å². The summed E-state index contributed by atoms with van der Waals surface area (Å²) in [7, 11) is -2.72. The number of benzene rings is 3. The first-order valence-electron chi connectivity index (χ1n) is 10.1. The zero-order valence-electron chi connectivity index (χ0n) is 18.2. The first kappa shape index (κ1) is 25.2. The van der Waals surface area contributed by atoms with Crippen LogP contribution in [0.5, 0.6) is 5.75 Å². The fraction of sp³-hybridized carbons (Fsp3) is 0.208. The summed E-state index contributed by atoms with van der Waals surface area (Å²) in [6.45, 7) is 1.49. The van der Waals surface area contributed by atoms with E-state index in [4.69, 9.17) is 16.3 Å². The van der Waals surface area contributed by atoms with Crippen molar-refractivity contribution in [2.24, 2.45) is 0 Å². The number of methoxy groups -OCH3 is 1. The van der Waals surface area contributed by atoms with Crippen molar-refractivity contribution in [1.82, 2.24) is 9.62 Å². The van der Waals surface area contributed by atoms with Gasteiger partial charge in [0.05, 0.1) is 19.7 Å². The van der Waals surface area contributed by atoms with Gasteiger partial charge in [-0.05, 0) is 48.4 Å². The highest BCUT2D eigenvalue weighted by molar-refractivity contribution is 9.10. The molecule has 1 N–H and O–H groups in total. The molecule has 0 saturated carbocycles. The first-order chi connectivity index (χ1) is 15.7. The molecule has 3 aromatic rings. The van der Waals surface area contributed by atoms with Gasteiger partial charge in [-0.25, -0.2) is 8.42 Å². The number of hydrogen-bond acceptors (Lipinski definition) is 4. The summed E-state index contributed by atoms with van der Waals surface area (Å²) >= 11 is 9.47. The minimum Gasteiger partial charge on any atom is -0.495 e. The van der Waals surface area contributed by atoms with Crippen LogP contribution < -0.4 is 10.1 Å². The van der Waals surface area contributed by atoms with Gasteiger partial charge < -0.3 is 10.1 Å². The molecule has 0 aliphatic heterocycles. The summed E-state index contributed by atoms with van der Waals surface area (Å²) in [4.78, 5) is 12.8. The van der Waals surface area contributed by atoms with Crippen molar-refractivity contribution in [2.45, 2.75) is 24.4 Å². The molecule has 1 amide bonds. The lowest BCUT2D eigenvalue weighted by Gasteiger charge is -2.24. The Balaban J connectivity index is 1.89. The van der Waals surface area contributed by atoms with Crippen LogP contribution in [-0.2, 0) is 21.4 Å². The van der Waals surface area contributed by atoms with Crippen molar-refractivity contribution in [3.05, 3.63) is 93.4 Å². The SMILES string of the molecule is COc1ccc(Cl)cc1S(=O)(=O)N(CC(=O)N[C@H](C)c1ccc(Br)cc1)Cc1ccccc1. The molecule has 0 spiro atoms. The van der Waals surface area contributed by atoms with Crippen LogP contribution in [0.15, 0.2) is 82.2 Å². The molecule has 0 unspecified atom stereocenters. The van der Waals surface area contributed by atoms with Crippen LogP contribution in [0.4, 0.5) is 0 Å². The monoisotopic (exact) mass is 550 g/mol. The van der Waals surface area contributed by atoms with E-state index in [1.807, 2.05) is 49.4 Å². The highest BCUT2D eigenvalue weighted by Crippen LogP contribution is 2.30. The Morgan fingerprint density at radius 1 is 1.09 bits per heavy atom. The van der Waals surface area contributed by atoms with Gasteiger partial charge in [0.1, 0.15) is 10.6 Å². The lowest BCUT2D eigenvalue weighted by molar-refractivity contribution is -0.122. The Labute approximate surface area is 207 Å². The first-order valence-corrected chi connectivity index (χ1v) is 12.7. The van der Waals surface area contributed by atoms with E-state index in [2.05, 4.69) is 21.2 Å².